The number of aliphatic hydroxyl groups excluding tert-OH is 2. The van der Waals surface area contributed by atoms with Gasteiger partial charge >= 0.3 is 5.96 Å². The van der Waals surface area contributed by atoms with Crippen LogP contribution in [0.5, 0.6) is 0 Å². The van der Waals surface area contributed by atoms with Gasteiger partial charge in [0.1, 0.15) is 7.11 Å². The van der Waals surface area contributed by atoms with E-state index >= 15 is 0 Å². The van der Waals surface area contributed by atoms with Crippen molar-refractivity contribution in [2.45, 2.75) is 12.5 Å². The quantitative estimate of drug-likeness (QED) is 0.401. The molecule has 1 aliphatic rings. The summed E-state index contributed by atoms with van der Waals surface area (Å²) in [5.41, 5.74) is 5.42. The molecule has 0 aliphatic carbocycles. The van der Waals surface area contributed by atoms with Crippen molar-refractivity contribution >= 4 is 5.96 Å². The molecule has 1 heterocycles. The van der Waals surface area contributed by atoms with Crippen LogP contribution in [0.1, 0.15) is 0 Å². The molecular formula is C5H12N3O4+. The van der Waals surface area contributed by atoms with Gasteiger partial charge < -0.3 is 15.1 Å². The largest absolute Gasteiger partial charge is 0.416 e. The number of hydrogen-bond donors (Lipinski definition) is 3. The summed E-state index contributed by atoms with van der Waals surface area (Å²) < 4.78 is 0.939. The Kier molecular flexibility index (Phi) is 2.36. The molecule has 70 valence electrons. The highest BCUT2D eigenvalue weighted by atomic mass is 16.7. The van der Waals surface area contributed by atoms with E-state index in [0.717, 1.165) is 9.80 Å². The van der Waals surface area contributed by atoms with E-state index in [1.165, 1.54) is 14.2 Å². The van der Waals surface area contributed by atoms with Crippen molar-refractivity contribution < 1.29 is 24.6 Å². The van der Waals surface area contributed by atoms with Crippen LogP contribution in [-0.4, -0.2) is 52.7 Å². The Bertz CT molecular complexity index is 207. The lowest BCUT2D eigenvalue weighted by Crippen LogP contribution is -2.41. The van der Waals surface area contributed by atoms with E-state index in [4.69, 9.17) is 5.73 Å². The Hall–Kier alpha value is -1.05. The molecule has 2 atom stereocenters. The molecule has 1 aliphatic heterocycles. The van der Waals surface area contributed by atoms with Gasteiger partial charge in [-0.3, -0.25) is 5.73 Å². The average molecular weight is 178 g/mol. The highest BCUT2D eigenvalue weighted by Gasteiger charge is 2.46. The molecule has 7 nitrogen and oxygen atoms in total. The second kappa shape index (κ2) is 3.13. The molecule has 12 heavy (non-hydrogen) atoms. The molecule has 0 unspecified atom stereocenters. The first-order chi connectivity index (χ1) is 5.63. The molecule has 0 spiro atoms. The van der Waals surface area contributed by atoms with Gasteiger partial charge in [-0.25, -0.2) is 4.84 Å². The fourth-order valence-electron chi connectivity index (χ4n) is 1.01. The van der Waals surface area contributed by atoms with Crippen LogP contribution in [0.15, 0.2) is 0 Å². The Morgan fingerprint density at radius 1 is 1.50 bits per heavy atom. The fourth-order valence-corrected chi connectivity index (χ4v) is 1.01. The lowest BCUT2D eigenvalue weighted by atomic mass is 10.5. The Balaban J connectivity index is 2.89. The number of hydroxylamine groups is 3. The number of hydrogen-bond acceptors (Lipinski definition) is 6. The molecule has 1 rings (SSSR count). The summed E-state index contributed by atoms with van der Waals surface area (Å²) in [5.74, 6) is 0.000000000000000222. The van der Waals surface area contributed by atoms with Crippen LogP contribution in [-0.2, 0) is 9.68 Å². The van der Waals surface area contributed by atoms with Crippen molar-refractivity contribution in [3.8, 4) is 0 Å². The number of nitrogens with two attached hydrogens (primary N) is 1. The van der Waals surface area contributed by atoms with Crippen LogP contribution in [0.25, 0.3) is 0 Å². The highest BCUT2D eigenvalue weighted by molar-refractivity contribution is 5.72. The first-order valence-corrected chi connectivity index (χ1v) is 3.28. The Morgan fingerprint density at radius 3 is 2.33 bits per heavy atom. The van der Waals surface area contributed by atoms with Gasteiger partial charge in [-0.15, -0.1) is 0 Å². The maximum Gasteiger partial charge on any atom is 0.416 e. The maximum absolute atomic E-state index is 9.26. The highest BCUT2D eigenvalue weighted by Crippen LogP contribution is 2.10. The van der Waals surface area contributed by atoms with E-state index in [-0.39, 0.29) is 5.96 Å². The SMILES string of the molecule is CON1C(N)=[N+](OC)[C@H](O)[C@H]1O. The molecule has 0 fully saturated rings. The molecular weight excluding hydrogens is 166 g/mol. The molecule has 4 N–H and O–H groups in total. The second-order valence-electron chi connectivity index (χ2n) is 2.20. The van der Waals surface area contributed by atoms with Crippen LogP contribution in [0.2, 0.25) is 0 Å². The van der Waals surface area contributed by atoms with Gasteiger partial charge in [0.2, 0.25) is 0 Å². The van der Waals surface area contributed by atoms with Gasteiger partial charge in [0.15, 0.2) is 0 Å². The monoisotopic (exact) mass is 178 g/mol. The van der Waals surface area contributed by atoms with E-state index in [2.05, 4.69) is 9.68 Å². The Labute approximate surface area is 69.1 Å². The summed E-state index contributed by atoms with van der Waals surface area (Å²) in [6.07, 6.45) is -2.48. The first-order valence-electron chi connectivity index (χ1n) is 3.28. The van der Waals surface area contributed by atoms with Crippen molar-refractivity contribution in [2.24, 2.45) is 5.73 Å². The van der Waals surface area contributed by atoms with Crippen LogP contribution < -0.4 is 5.73 Å². The molecule has 0 bridgehead atoms. The van der Waals surface area contributed by atoms with E-state index in [9.17, 15) is 10.2 Å². The summed E-state index contributed by atoms with van der Waals surface area (Å²) in [6, 6.07) is 0. The van der Waals surface area contributed by atoms with E-state index < -0.39 is 12.5 Å². The molecule has 0 aromatic rings. The molecule has 0 aromatic carbocycles. The number of rotatable bonds is 2. The summed E-state index contributed by atoms with van der Waals surface area (Å²) in [6.45, 7) is 0. The topological polar surface area (TPSA) is 91.2 Å². The summed E-state index contributed by atoms with van der Waals surface area (Å²) in [7, 11) is 2.64. The van der Waals surface area contributed by atoms with Crippen LogP contribution >= 0.6 is 0 Å². The van der Waals surface area contributed by atoms with Gasteiger partial charge in [-0.05, 0) is 0 Å². The van der Waals surface area contributed by atoms with Gasteiger partial charge in [-0.1, -0.05) is 9.80 Å². The van der Waals surface area contributed by atoms with Gasteiger partial charge in [0, 0.05) is 0 Å². The van der Waals surface area contributed by atoms with Gasteiger partial charge in [0.25, 0.3) is 12.5 Å². The Morgan fingerprint density at radius 2 is 2.08 bits per heavy atom. The smallest absolute Gasteiger partial charge is 0.362 e. The lowest BCUT2D eigenvalue weighted by molar-refractivity contribution is -0.825. The normalized spacial score (nSPS) is 29.8. The number of nitrogens with zero attached hydrogens (tertiary/aromatic N) is 2. The molecule has 0 aromatic heterocycles. The lowest BCUT2D eigenvalue weighted by Gasteiger charge is -2.11. The van der Waals surface area contributed by atoms with Crippen molar-refractivity contribution in [1.82, 2.24) is 5.06 Å². The van der Waals surface area contributed by atoms with Gasteiger partial charge in [0.05, 0.1) is 7.11 Å². The summed E-state index contributed by atoms with van der Waals surface area (Å²) in [4.78, 5) is 9.36. The first kappa shape index (κ1) is 9.04. The third-order valence-electron chi connectivity index (χ3n) is 1.59. The summed E-state index contributed by atoms with van der Waals surface area (Å²) in [5, 5.41) is 19.5. The summed E-state index contributed by atoms with van der Waals surface area (Å²) >= 11 is 0. The average Bonchev–Trinajstić information content (AvgIpc) is 2.25. The predicted molar refractivity (Wildman–Crippen MR) is 37.3 cm³/mol. The van der Waals surface area contributed by atoms with E-state index in [1.54, 1.807) is 0 Å². The van der Waals surface area contributed by atoms with Gasteiger partial charge in [-0.2, -0.15) is 0 Å². The molecule has 0 amide bonds. The maximum atomic E-state index is 9.26. The van der Waals surface area contributed by atoms with Crippen molar-refractivity contribution in [3.05, 3.63) is 0 Å². The van der Waals surface area contributed by atoms with E-state index in [1.807, 2.05) is 0 Å². The molecule has 0 saturated heterocycles. The zero-order valence-electron chi connectivity index (χ0n) is 6.84. The third-order valence-corrected chi connectivity index (χ3v) is 1.59. The van der Waals surface area contributed by atoms with Crippen molar-refractivity contribution in [1.29, 1.82) is 0 Å². The fraction of sp³-hybridized carbons (Fsp3) is 0.800. The minimum atomic E-state index is -1.24. The zero-order valence-corrected chi connectivity index (χ0v) is 6.84. The van der Waals surface area contributed by atoms with Crippen LogP contribution in [0, 0.1) is 0 Å². The van der Waals surface area contributed by atoms with E-state index in [0.29, 0.717) is 0 Å². The standard InChI is InChI=1S/C5H11N3O4/c1-11-7-3(9)4(10)8(12-2)5(7)6/h3-4,6,9-10H,1-2H3/p+1/t3-,4-/m1/s1. The predicted octanol–water partition coefficient (Wildman–Crippen LogP) is -2.61. The minimum Gasteiger partial charge on any atom is -0.362 e. The van der Waals surface area contributed by atoms with Crippen molar-refractivity contribution in [2.75, 3.05) is 14.2 Å². The second-order valence-corrected chi connectivity index (χ2v) is 2.20. The van der Waals surface area contributed by atoms with Crippen LogP contribution in [0.4, 0.5) is 0 Å². The van der Waals surface area contributed by atoms with Crippen LogP contribution in [0.3, 0.4) is 0 Å². The number of guanidine groups is 1. The van der Waals surface area contributed by atoms with Crippen molar-refractivity contribution in [3.63, 3.8) is 0 Å². The number of aliphatic hydroxyl groups is 2. The molecule has 0 radical (unpaired) electrons. The molecule has 0 saturated carbocycles. The molecule has 7 heteroatoms. The minimum absolute atomic E-state index is 0.000000000000000222. The zero-order chi connectivity index (χ0) is 9.30. The third kappa shape index (κ3) is 1.07.